The largest absolute Gasteiger partial charge is 0.271 e. The van der Waals surface area contributed by atoms with Gasteiger partial charge in [0, 0.05) is 10.6 Å². The SMILES string of the molecule is Cn1ncc(Cl)c1C(NN)c1ccc(I)cc1. The van der Waals surface area contributed by atoms with E-state index in [0.29, 0.717) is 5.02 Å². The first-order chi connectivity index (χ1) is 8.13. The average molecular weight is 363 g/mol. The van der Waals surface area contributed by atoms with Gasteiger partial charge in [0.15, 0.2) is 0 Å². The summed E-state index contributed by atoms with van der Waals surface area (Å²) in [6, 6.07) is 7.95. The molecule has 1 aromatic carbocycles. The molecule has 3 N–H and O–H groups in total. The number of aryl methyl sites for hydroxylation is 1. The molecule has 6 heteroatoms. The fraction of sp³-hybridized carbons (Fsp3) is 0.182. The fourth-order valence-electron chi connectivity index (χ4n) is 1.73. The van der Waals surface area contributed by atoms with Crippen molar-refractivity contribution in [2.75, 3.05) is 0 Å². The van der Waals surface area contributed by atoms with Crippen molar-refractivity contribution in [1.29, 1.82) is 0 Å². The molecule has 0 spiro atoms. The molecule has 0 saturated carbocycles. The monoisotopic (exact) mass is 362 g/mol. The molecule has 0 aliphatic rings. The Morgan fingerprint density at radius 1 is 1.41 bits per heavy atom. The first kappa shape index (κ1) is 12.8. The van der Waals surface area contributed by atoms with Crippen molar-refractivity contribution < 1.29 is 0 Å². The number of rotatable bonds is 3. The van der Waals surface area contributed by atoms with Crippen LogP contribution < -0.4 is 11.3 Å². The molecule has 0 fully saturated rings. The van der Waals surface area contributed by atoms with E-state index in [9.17, 15) is 0 Å². The highest BCUT2D eigenvalue weighted by molar-refractivity contribution is 14.1. The summed E-state index contributed by atoms with van der Waals surface area (Å²) in [6.45, 7) is 0. The number of halogens is 2. The predicted octanol–water partition coefficient (Wildman–Crippen LogP) is 2.23. The normalized spacial score (nSPS) is 12.7. The van der Waals surface area contributed by atoms with Crippen LogP contribution in [0.1, 0.15) is 17.3 Å². The van der Waals surface area contributed by atoms with Crippen molar-refractivity contribution in [3.05, 3.63) is 50.3 Å². The minimum absolute atomic E-state index is 0.160. The maximum Gasteiger partial charge on any atom is 0.0893 e. The fourth-order valence-corrected chi connectivity index (χ4v) is 2.37. The van der Waals surface area contributed by atoms with Gasteiger partial charge in [-0.15, -0.1) is 0 Å². The van der Waals surface area contributed by atoms with Crippen molar-refractivity contribution in [2.45, 2.75) is 6.04 Å². The third-order valence-electron chi connectivity index (χ3n) is 2.58. The van der Waals surface area contributed by atoms with E-state index < -0.39 is 0 Å². The molecule has 90 valence electrons. The summed E-state index contributed by atoms with van der Waals surface area (Å²) in [4.78, 5) is 0. The van der Waals surface area contributed by atoms with E-state index in [1.165, 1.54) is 3.57 Å². The number of hydrogen-bond acceptors (Lipinski definition) is 3. The molecule has 2 rings (SSSR count). The highest BCUT2D eigenvalue weighted by atomic mass is 127. The van der Waals surface area contributed by atoms with E-state index in [1.54, 1.807) is 10.9 Å². The third kappa shape index (κ3) is 2.62. The minimum Gasteiger partial charge on any atom is -0.271 e. The van der Waals surface area contributed by atoms with Crippen molar-refractivity contribution in [3.8, 4) is 0 Å². The maximum atomic E-state index is 6.12. The molecule has 0 aliphatic heterocycles. The Bertz CT molecular complexity index is 489. The summed E-state index contributed by atoms with van der Waals surface area (Å²) in [5, 5.41) is 4.72. The summed E-state index contributed by atoms with van der Waals surface area (Å²) in [6.07, 6.45) is 1.62. The van der Waals surface area contributed by atoms with Crippen LogP contribution in [0.5, 0.6) is 0 Å². The first-order valence-corrected chi connectivity index (χ1v) is 6.48. The Morgan fingerprint density at radius 2 is 2.06 bits per heavy atom. The van der Waals surface area contributed by atoms with Crippen molar-refractivity contribution in [3.63, 3.8) is 0 Å². The molecule has 0 amide bonds. The Kier molecular flexibility index (Phi) is 4.03. The second-order valence-corrected chi connectivity index (χ2v) is 5.31. The van der Waals surface area contributed by atoms with E-state index in [-0.39, 0.29) is 6.04 Å². The Morgan fingerprint density at radius 3 is 2.53 bits per heavy atom. The number of nitrogens with two attached hydrogens (primary N) is 1. The average Bonchev–Trinajstić information content (AvgIpc) is 2.64. The van der Waals surface area contributed by atoms with Gasteiger partial charge in [-0.25, -0.2) is 5.43 Å². The molecule has 0 aliphatic carbocycles. The van der Waals surface area contributed by atoms with Gasteiger partial charge in [0.05, 0.1) is 23.0 Å². The van der Waals surface area contributed by atoms with Gasteiger partial charge in [0.2, 0.25) is 0 Å². The second-order valence-electron chi connectivity index (χ2n) is 3.65. The molecule has 0 saturated heterocycles. The van der Waals surface area contributed by atoms with Crippen LogP contribution >= 0.6 is 34.2 Å². The van der Waals surface area contributed by atoms with Crippen molar-refractivity contribution in [1.82, 2.24) is 15.2 Å². The number of nitrogens with zero attached hydrogens (tertiary/aromatic N) is 2. The van der Waals surface area contributed by atoms with Gasteiger partial charge >= 0.3 is 0 Å². The smallest absolute Gasteiger partial charge is 0.0893 e. The standard InChI is InChI=1S/C11H12ClIN4/c1-17-11(9(12)6-15-17)10(16-14)7-2-4-8(13)5-3-7/h2-6,10,16H,14H2,1H3. The van der Waals surface area contributed by atoms with E-state index in [0.717, 1.165) is 11.3 Å². The van der Waals surface area contributed by atoms with Gasteiger partial charge in [-0.3, -0.25) is 10.5 Å². The number of nitrogens with one attached hydrogen (secondary N) is 1. The van der Waals surface area contributed by atoms with Crippen LogP contribution in [0.25, 0.3) is 0 Å². The molecule has 1 atom stereocenters. The van der Waals surface area contributed by atoms with Gasteiger partial charge in [-0.05, 0) is 40.3 Å². The maximum absolute atomic E-state index is 6.12. The zero-order chi connectivity index (χ0) is 12.4. The zero-order valence-corrected chi connectivity index (χ0v) is 12.1. The van der Waals surface area contributed by atoms with Crippen LogP contribution in [-0.4, -0.2) is 9.78 Å². The van der Waals surface area contributed by atoms with Gasteiger partial charge in [0.1, 0.15) is 0 Å². The van der Waals surface area contributed by atoms with E-state index >= 15 is 0 Å². The molecule has 1 aromatic heterocycles. The summed E-state index contributed by atoms with van der Waals surface area (Å²) in [5.74, 6) is 5.62. The number of hydrazine groups is 1. The van der Waals surface area contributed by atoms with Crippen LogP contribution in [0.4, 0.5) is 0 Å². The van der Waals surface area contributed by atoms with Crippen LogP contribution in [0.15, 0.2) is 30.5 Å². The number of aromatic nitrogens is 2. The molecule has 1 heterocycles. The van der Waals surface area contributed by atoms with E-state index in [2.05, 4.69) is 33.1 Å². The van der Waals surface area contributed by atoms with E-state index in [4.69, 9.17) is 17.4 Å². The first-order valence-electron chi connectivity index (χ1n) is 5.02. The molecule has 4 nitrogen and oxygen atoms in total. The van der Waals surface area contributed by atoms with E-state index in [1.807, 2.05) is 31.3 Å². The molecule has 17 heavy (non-hydrogen) atoms. The molecule has 0 radical (unpaired) electrons. The molecule has 0 bridgehead atoms. The summed E-state index contributed by atoms with van der Waals surface area (Å²) >= 11 is 8.38. The van der Waals surface area contributed by atoms with Crippen LogP contribution in [0, 0.1) is 3.57 Å². The van der Waals surface area contributed by atoms with Crippen LogP contribution in [-0.2, 0) is 7.05 Å². The van der Waals surface area contributed by atoms with Crippen LogP contribution in [0.3, 0.4) is 0 Å². The quantitative estimate of drug-likeness (QED) is 0.500. The lowest BCUT2D eigenvalue weighted by atomic mass is 10.0. The second kappa shape index (κ2) is 5.34. The minimum atomic E-state index is -0.160. The summed E-state index contributed by atoms with van der Waals surface area (Å²) in [7, 11) is 1.85. The van der Waals surface area contributed by atoms with Crippen molar-refractivity contribution >= 4 is 34.2 Å². The van der Waals surface area contributed by atoms with Gasteiger partial charge in [0.25, 0.3) is 0 Å². The Labute approximate surface area is 118 Å². The lowest BCUT2D eigenvalue weighted by Gasteiger charge is -2.17. The summed E-state index contributed by atoms with van der Waals surface area (Å²) < 4.78 is 2.91. The molecular weight excluding hydrogens is 351 g/mol. The van der Waals surface area contributed by atoms with Crippen molar-refractivity contribution in [2.24, 2.45) is 12.9 Å². The molecular formula is C11H12ClIN4. The van der Waals surface area contributed by atoms with Gasteiger partial charge in [-0.2, -0.15) is 5.10 Å². The molecule has 2 aromatic rings. The molecule has 1 unspecified atom stereocenters. The number of hydrogen-bond donors (Lipinski definition) is 2. The lowest BCUT2D eigenvalue weighted by Crippen LogP contribution is -2.30. The predicted molar refractivity (Wildman–Crippen MR) is 76.5 cm³/mol. The van der Waals surface area contributed by atoms with Gasteiger partial charge in [-0.1, -0.05) is 23.7 Å². The van der Waals surface area contributed by atoms with Crippen LogP contribution in [0.2, 0.25) is 5.02 Å². The topological polar surface area (TPSA) is 55.9 Å². The number of benzene rings is 1. The summed E-state index contributed by atoms with van der Waals surface area (Å²) in [5.41, 5.74) is 4.69. The lowest BCUT2D eigenvalue weighted by molar-refractivity contribution is 0.575. The third-order valence-corrected chi connectivity index (χ3v) is 3.59. The zero-order valence-electron chi connectivity index (χ0n) is 9.19. The highest BCUT2D eigenvalue weighted by Crippen LogP contribution is 2.27. The Hall–Kier alpha value is -0.630. The Balaban J connectivity index is 2.43. The van der Waals surface area contributed by atoms with Gasteiger partial charge < -0.3 is 0 Å². The highest BCUT2D eigenvalue weighted by Gasteiger charge is 2.19.